The quantitative estimate of drug-likeness (QED) is 0.644. The molecule has 6 heteroatoms. The molecule has 0 aliphatic carbocycles. The maximum absolute atomic E-state index is 12.8. The van der Waals surface area contributed by atoms with E-state index in [1.165, 1.54) is 0 Å². The van der Waals surface area contributed by atoms with Gasteiger partial charge in [0.05, 0.1) is 13.7 Å². The summed E-state index contributed by atoms with van der Waals surface area (Å²) in [7, 11) is 3.68. The maximum Gasteiger partial charge on any atom is 0.231 e. The Hall–Kier alpha value is -2.99. The Morgan fingerprint density at radius 2 is 2.07 bits per heavy atom. The van der Waals surface area contributed by atoms with Gasteiger partial charge >= 0.3 is 0 Å². The van der Waals surface area contributed by atoms with E-state index in [0.717, 1.165) is 41.2 Å². The van der Waals surface area contributed by atoms with Crippen molar-refractivity contribution in [2.75, 3.05) is 34.1 Å². The molecule has 30 heavy (non-hydrogen) atoms. The molecular weight excluding hydrogens is 382 g/mol. The van der Waals surface area contributed by atoms with Gasteiger partial charge in [-0.25, -0.2) is 0 Å². The summed E-state index contributed by atoms with van der Waals surface area (Å²) >= 11 is 0. The van der Waals surface area contributed by atoms with Crippen molar-refractivity contribution >= 4 is 11.9 Å². The average molecular weight is 409 g/mol. The van der Waals surface area contributed by atoms with Crippen molar-refractivity contribution in [2.24, 2.45) is 0 Å². The van der Waals surface area contributed by atoms with E-state index in [1.54, 1.807) is 13.2 Å². The summed E-state index contributed by atoms with van der Waals surface area (Å²) in [6, 6.07) is 9.66. The van der Waals surface area contributed by atoms with Crippen LogP contribution in [-0.2, 0) is 11.2 Å². The number of benzene rings is 2. The van der Waals surface area contributed by atoms with Gasteiger partial charge in [-0.15, -0.1) is 0 Å². The molecule has 0 amide bonds. The molecule has 0 unspecified atom stereocenters. The summed E-state index contributed by atoms with van der Waals surface area (Å²) in [4.78, 5) is 15.0. The molecule has 2 aromatic rings. The first kappa shape index (κ1) is 20.3. The lowest BCUT2D eigenvalue weighted by Crippen LogP contribution is -2.33. The van der Waals surface area contributed by atoms with Crippen molar-refractivity contribution in [3.05, 3.63) is 53.1 Å². The minimum atomic E-state index is -0.0734. The summed E-state index contributed by atoms with van der Waals surface area (Å²) < 4.78 is 22.4. The topological polar surface area (TPSA) is 57.2 Å². The van der Waals surface area contributed by atoms with Gasteiger partial charge < -0.3 is 18.9 Å². The fourth-order valence-corrected chi connectivity index (χ4v) is 4.07. The smallest absolute Gasteiger partial charge is 0.231 e. The third-order valence-electron chi connectivity index (χ3n) is 5.59. The lowest BCUT2D eigenvalue weighted by Gasteiger charge is -2.35. The number of ketones is 1. The highest BCUT2D eigenvalue weighted by Crippen LogP contribution is 2.50. The average Bonchev–Trinajstić information content (AvgIpc) is 3.22. The first-order chi connectivity index (χ1) is 14.6. The summed E-state index contributed by atoms with van der Waals surface area (Å²) in [5.41, 5.74) is 3.14. The number of carbonyl (C=O) groups excluding carboxylic acids is 1. The van der Waals surface area contributed by atoms with E-state index >= 15 is 0 Å². The Labute approximate surface area is 177 Å². The fraction of sp³-hybridized carbons (Fsp3) is 0.375. The van der Waals surface area contributed by atoms with E-state index in [4.69, 9.17) is 18.9 Å². The zero-order valence-electron chi connectivity index (χ0n) is 17.6. The van der Waals surface area contributed by atoms with Crippen molar-refractivity contribution in [2.45, 2.75) is 25.8 Å². The molecule has 0 fully saturated rings. The summed E-state index contributed by atoms with van der Waals surface area (Å²) in [6.07, 6.45) is 4.74. The van der Waals surface area contributed by atoms with Crippen molar-refractivity contribution in [3.63, 3.8) is 0 Å². The number of allylic oxidation sites excluding steroid dienone is 1. The third-order valence-corrected chi connectivity index (χ3v) is 5.59. The second-order valence-corrected chi connectivity index (χ2v) is 7.47. The van der Waals surface area contributed by atoms with Crippen molar-refractivity contribution in [1.82, 2.24) is 4.90 Å². The number of fused-ring (bicyclic) bond motifs is 2. The van der Waals surface area contributed by atoms with Crippen LogP contribution in [-0.4, -0.2) is 44.8 Å². The summed E-state index contributed by atoms with van der Waals surface area (Å²) in [6.45, 7) is 3.65. The summed E-state index contributed by atoms with van der Waals surface area (Å²) in [5.74, 6) is 2.92. The fourth-order valence-electron chi connectivity index (χ4n) is 4.07. The van der Waals surface area contributed by atoms with Crippen molar-refractivity contribution < 1.29 is 23.7 Å². The third kappa shape index (κ3) is 4.00. The SMILES string of the molecule is CCOc1ccc(C=CC(=O)C[C@H]2c3c(cc4c(c3OC)OCO4)CCN2C)cc1. The number of ether oxygens (including phenoxy) is 4. The number of carbonyl (C=O) groups is 1. The highest BCUT2D eigenvalue weighted by molar-refractivity contribution is 5.94. The van der Waals surface area contributed by atoms with Crippen molar-refractivity contribution in [3.8, 4) is 23.0 Å². The normalized spacial score (nSPS) is 17.8. The van der Waals surface area contributed by atoms with Crippen LogP contribution in [0.3, 0.4) is 0 Å². The number of hydrogen-bond acceptors (Lipinski definition) is 6. The second-order valence-electron chi connectivity index (χ2n) is 7.47. The minimum Gasteiger partial charge on any atom is -0.494 e. The minimum absolute atomic E-state index is 0.0632. The van der Waals surface area contributed by atoms with E-state index in [-0.39, 0.29) is 18.6 Å². The van der Waals surface area contributed by atoms with Gasteiger partial charge in [-0.2, -0.15) is 0 Å². The van der Waals surface area contributed by atoms with Crippen LogP contribution in [0.15, 0.2) is 36.4 Å². The molecule has 1 atom stereocenters. The van der Waals surface area contributed by atoms with E-state index in [2.05, 4.69) is 4.90 Å². The van der Waals surface area contributed by atoms with Gasteiger partial charge in [-0.1, -0.05) is 18.2 Å². The van der Waals surface area contributed by atoms with Gasteiger partial charge in [0, 0.05) is 24.6 Å². The maximum atomic E-state index is 12.8. The molecule has 158 valence electrons. The number of methoxy groups -OCH3 is 1. The predicted molar refractivity (Wildman–Crippen MR) is 114 cm³/mol. The Morgan fingerprint density at radius 3 is 2.80 bits per heavy atom. The Morgan fingerprint density at radius 1 is 1.27 bits per heavy atom. The predicted octanol–water partition coefficient (Wildman–Crippen LogP) is 4.02. The molecule has 0 saturated carbocycles. The Bertz CT molecular complexity index is 951. The molecule has 2 heterocycles. The van der Waals surface area contributed by atoms with Crippen LogP contribution in [0.25, 0.3) is 6.08 Å². The zero-order chi connectivity index (χ0) is 21.1. The number of rotatable bonds is 7. The van der Waals surface area contributed by atoms with Gasteiger partial charge in [0.1, 0.15) is 5.75 Å². The largest absolute Gasteiger partial charge is 0.494 e. The van der Waals surface area contributed by atoms with E-state index in [0.29, 0.717) is 24.5 Å². The molecule has 2 aromatic carbocycles. The van der Waals surface area contributed by atoms with Crippen LogP contribution in [0.4, 0.5) is 0 Å². The van der Waals surface area contributed by atoms with Gasteiger partial charge in [-0.3, -0.25) is 9.69 Å². The van der Waals surface area contributed by atoms with E-state index in [9.17, 15) is 4.79 Å². The van der Waals surface area contributed by atoms with Gasteiger partial charge in [0.2, 0.25) is 12.5 Å². The first-order valence-corrected chi connectivity index (χ1v) is 10.2. The second kappa shape index (κ2) is 8.79. The first-order valence-electron chi connectivity index (χ1n) is 10.2. The molecule has 0 aromatic heterocycles. The molecule has 0 saturated heterocycles. The molecule has 0 radical (unpaired) electrons. The van der Waals surface area contributed by atoms with Gasteiger partial charge in [0.15, 0.2) is 17.3 Å². The van der Waals surface area contributed by atoms with Crippen molar-refractivity contribution in [1.29, 1.82) is 0 Å². The highest BCUT2D eigenvalue weighted by atomic mass is 16.7. The Kier molecular flexibility index (Phi) is 5.95. The Balaban J connectivity index is 1.54. The molecule has 2 aliphatic rings. The molecule has 0 spiro atoms. The number of likely N-dealkylation sites (N-methyl/N-ethyl adjacent to an activating group) is 1. The summed E-state index contributed by atoms with van der Waals surface area (Å²) in [5, 5.41) is 0. The van der Waals surface area contributed by atoms with Gasteiger partial charge in [0.25, 0.3) is 0 Å². The molecular formula is C24H27NO5. The van der Waals surface area contributed by atoms with Crippen LogP contribution >= 0.6 is 0 Å². The standard InChI is InChI=1S/C24H27NO5/c1-4-28-19-9-6-16(7-10-19)5-8-18(26)14-20-22-17(11-12-25(20)2)13-21-23(24(22)27-3)30-15-29-21/h5-10,13,20H,4,11-12,14-15H2,1-3H3/t20-/m0/s1. The number of nitrogens with zero attached hydrogens (tertiary/aromatic N) is 1. The number of hydrogen-bond donors (Lipinski definition) is 0. The lowest BCUT2D eigenvalue weighted by atomic mass is 9.88. The van der Waals surface area contributed by atoms with Crippen LogP contribution in [0.1, 0.15) is 36.1 Å². The molecule has 4 rings (SSSR count). The van der Waals surface area contributed by atoms with Crippen LogP contribution in [0.2, 0.25) is 0 Å². The van der Waals surface area contributed by atoms with Crippen LogP contribution in [0, 0.1) is 0 Å². The van der Waals surface area contributed by atoms with E-state index < -0.39 is 0 Å². The molecule has 0 N–H and O–H groups in total. The van der Waals surface area contributed by atoms with Crippen LogP contribution < -0.4 is 18.9 Å². The lowest BCUT2D eigenvalue weighted by molar-refractivity contribution is -0.115. The molecule has 6 nitrogen and oxygen atoms in total. The molecule has 2 aliphatic heterocycles. The zero-order valence-corrected chi connectivity index (χ0v) is 17.6. The molecule has 0 bridgehead atoms. The van der Waals surface area contributed by atoms with Crippen LogP contribution in [0.5, 0.6) is 23.0 Å². The monoisotopic (exact) mass is 409 g/mol. The highest BCUT2D eigenvalue weighted by Gasteiger charge is 2.34. The van der Waals surface area contributed by atoms with Gasteiger partial charge in [-0.05, 0) is 55.8 Å². The van der Waals surface area contributed by atoms with E-state index in [1.807, 2.05) is 50.4 Å².